The summed E-state index contributed by atoms with van der Waals surface area (Å²) < 4.78 is 24.7. The highest BCUT2D eigenvalue weighted by Gasteiger charge is 2.09. The maximum absolute atomic E-state index is 14.1. The average Bonchev–Trinajstić information content (AvgIpc) is 3.15. The number of aryl methyl sites for hydroxylation is 1. The first-order valence-corrected chi connectivity index (χ1v) is 8.93. The van der Waals surface area contributed by atoms with Crippen LogP contribution in [0, 0.1) is 12.7 Å². The van der Waals surface area contributed by atoms with E-state index in [4.69, 9.17) is 9.26 Å². The number of aromatic nitrogens is 4. The van der Waals surface area contributed by atoms with Gasteiger partial charge in [-0.2, -0.15) is 9.97 Å². The molecule has 152 valence electrons. The third-order valence-electron chi connectivity index (χ3n) is 3.88. The van der Waals surface area contributed by atoms with Crippen molar-refractivity contribution in [2.24, 2.45) is 0 Å². The molecule has 3 N–H and O–H groups in total. The van der Waals surface area contributed by atoms with Gasteiger partial charge in [-0.05, 0) is 24.3 Å². The normalized spacial score (nSPS) is 10.6. The summed E-state index contributed by atoms with van der Waals surface area (Å²) in [5, 5.41) is 19.1. The number of phenols is 1. The molecule has 2 aromatic carbocycles. The van der Waals surface area contributed by atoms with Crippen LogP contribution >= 0.6 is 0 Å². The fraction of sp³-hybridized carbons (Fsp3) is 0.100. The van der Waals surface area contributed by atoms with Gasteiger partial charge in [0, 0.05) is 30.4 Å². The number of aromatic hydroxyl groups is 1. The predicted molar refractivity (Wildman–Crippen MR) is 106 cm³/mol. The number of hydrogen-bond donors (Lipinski definition) is 3. The van der Waals surface area contributed by atoms with Crippen molar-refractivity contribution in [3.05, 3.63) is 72.3 Å². The smallest absolute Gasteiger partial charge is 0.229 e. The van der Waals surface area contributed by atoms with Gasteiger partial charge in [-0.15, -0.1) is 0 Å². The van der Waals surface area contributed by atoms with Gasteiger partial charge in [0.05, 0.1) is 6.20 Å². The predicted octanol–water partition coefficient (Wildman–Crippen LogP) is 4.08. The van der Waals surface area contributed by atoms with Gasteiger partial charge in [0.1, 0.15) is 11.5 Å². The fourth-order valence-electron chi connectivity index (χ4n) is 2.58. The van der Waals surface area contributed by atoms with Gasteiger partial charge in [-0.3, -0.25) is 0 Å². The van der Waals surface area contributed by atoms with E-state index in [1.807, 2.05) is 0 Å². The average molecular weight is 408 g/mol. The molecule has 0 fully saturated rings. The van der Waals surface area contributed by atoms with Gasteiger partial charge >= 0.3 is 0 Å². The number of rotatable bonds is 7. The highest BCUT2D eigenvalue weighted by Crippen LogP contribution is 2.24. The zero-order valence-electron chi connectivity index (χ0n) is 15.8. The summed E-state index contributed by atoms with van der Waals surface area (Å²) in [6, 6.07) is 13.4. The molecule has 0 saturated heterocycles. The monoisotopic (exact) mass is 408 g/mol. The number of phenolic OH excluding ortho intramolecular Hbond substituents is 1. The molecular weight excluding hydrogens is 391 g/mol. The van der Waals surface area contributed by atoms with E-state index in [2.05, 4.69) is 30.7 Å². The Labute approximate surface area is 170 Å². The number of ether oxygens (including phenoxy) is 1. The largest absolute Gasteiger partial charge is 0.508 e. The molecule has 0 saturated carbocycles. The summed E-state index contributed by atoms with van der Waals surface area (Å²) in [6.45, 7) is 1.86. The Morgan fingerprint density at radius 3 is 2.63 bits per heavy atom. The van der Waals surface area contributed by atoms with Crippen LogP contribution in [0.2, 0.25) is 0 Å². The molecule has 0 radical (unpaired) electrons. The van der Waals surface area contributed by atoms with Crippen LogP contribution in [0.1, 0.15) is 11.7 Å². The van der Waals surface area contributed by atoms with Crippen LogP contribution in [0.15, 0.2) is 59.3 Å². The minimum absolute atomic E-state index is 0.0296. The maximum Gasteiger partial charge on any atom is 0.229 e. The SMILES string of the molecule is Cc1nc(COc2cccc(Nc3ncc(F)c(Nc4cccc(O)c4)n3)c2)no1. The van der Waals surface area contributed by atoms with E-state index in [0.717, 1.165) is 6.20 Å². The van der Waals surface area contributed by atoms with E-state index in [0.29, 0.717) is 28.8 Å². The standard InChI is InChI=1S/C20H17FN6O3/c1-12-23-18(27-30-12)11-29-16-7-3-5-14(9-16)25-20-22-10-17(21)19(26-20)24-13-4-2-6-15(28)8-13/h2-10,28H,11H2,1H3,(H2,22,24,25,26). The fourth-order valence-corrected chi connectivity index (χ4v) is 2.58. The van der Waals surface area contributed by atoms with Gasteiger partial charge in [-0.25, -0.2) is 9.37 Å². The molecule has 0 unspecified atom stereocenters. The summed E-state index contributed by atoms with van der Waals surface area (Å²) in [7, 11) is 0. The lowest BCUT2D eigenvalue weighted by Crippen LogP contribution is -2.03. The van der Waals surface area contributed by atoms with Gasteiger partial charge in [0.2, 0.25) is 17.7 Å². The van der Waals surface area contributed by atoms with Crippen LogP contribution in [0.3, 0.4) is 0 Å². The molecule has 9 nitrogen and oxygen atoms in total. The van der Waals surface area contributed by atoms with Crippen LogP contribution in [-0.2, 0) is 6.61 Å². The lowest BCUT2D eigenvalue weighted by Gasteiger charge is -2.10. The summed E-state index contributed by atoms with van der Waals surface area (Å²) in [4.78, 5) is 12.2. The van der Waals surface area contributed by atoms with Crippen molar-refractivity contribution in [3.63, 3.8) is 0 Å². The second kappa shape index (κ2) is 8.43. The maximum atomic E-state index is 14.1. The van der Waals surface area contributed by atoms with Crippen molar-refractivity contribution in [2.45, 2.75) is 13.5 Å². The number of nitrogens with zero attached hydrogens (tertiary/aromatic N) is 4. The van der Waals surface area contributed by atoms with E-state index in [1.165, 1.54) is 12.1 Å². The minimum atomic E-state index is -0.628. The molecule has 0 aliphatic heterocycles. The molecule has 0 aliphatic rings. The van der Waals surface area contributed by atoms with Gasteiger partial charge in [-0.1, -0.05) is 17.3 Å². The topological polar surface area (TPSA) is 118 Å². The lowest BCUT2D eigenvalue weighted by atomic mass is 10.3. The number of nitrogens with one attached hydrogen (secondary N) is 2. The van der Waals surface area contributed by atoms with E-state index in [-0.39, 0.29) is 24.1 Å². The third kappa shape index (κ3) is 4.79. The minimum Gasteiger partial charge on any atom is -0.508 e. The van der Waals surface area contributed by atoms with Crippen LogP contribution in [-0.4, -0.2) is 25.2 Å². The molecule has 0 atom stereocenters. The highest BCUT2D eigenvalue weighted by atomic mass is 19.1. The molecule has 4 aromatic rings. The van der Waals surface area contributed by atoms with Crippen LogP contribution < -0.4 is 15.4 Å². The second-order valence-corrected chi connectivity index (χ2v) is 6.24. The quantitative estimate of drug-likeness (QED) is 0.416. The Morgan fingerprint density at radius 1 is 1.07 bits per heavy atom. The molecule has 0 bridgehead atoms. The summed E-state index contributed by atoms with van der Waals surface area (Å²) in [6.07, 6.45) is 1.05. The highest BCUT2D eigenvalue weighted by molar-refractivity contribution is 5.61. The van der Waals surface area contributed by atoms with Crippen LogP contribution in [0.25, 0.3) is 0 Å². The van der Waals surface area contributed by atoms with Crippen molar-refractivity contribution in [3.8, 4) is 11.5 Å². The summed E-state index contributed by atoms with van der Waals surface area (Å²) >= 11 is 0. The molecule has 0 amide bonds. The molecular formula is C20H17FN6O3. The van der Waals surface area contributed by atoms with Crippen molar-refractivity contribution >= 4 is 23.1 Å². The first-order valence-electron chi connectivity index (χ1n) is 8.93. The molecule has 0 spiro atoms. The number of anilines is 4. The van der Waals surface area contributed by atoms with Crippen molar-refractivity contribution in [1.82, 2.24) is 20.1 Å². The van der Waals surface area contributed by atoms with Gasteiger partial charge in [0.15, 0.2) is 18.2 Å². The van der Waals surface area contributed by atoms with Crippen LogP contribution in [0.4, 0.5) is 27.5 Å². The van der Waals surface area contributed by atoms with E-state index in [1.54, 1.807) is 43.3 Å². The third-order valence-corrected chi connectivity index (χ3v) is 3.88. The zero-order chi connectivity index (χ0) is 20.9. The summed E-state index contributed by atoms with van der Waals surface area (Å²) in [5.74, 6) is 1.06. The van der Waals surface area contributed by atoms with E-state index >= 15 is 0 Å². The van der Waals surface area contributed by atoms with Crippen LogP contribution in [0.5, 0.6) is 11.5 Å². The lowest BCUT2D eigenvalue weighted by molar-refractivity contribution is 0.286. The first kappa shape index (κ1) is 19.1. The molecule has 0 aliphatic carbocycles. The number of halogens is 1. The molecule has 10 heteroatoms. The Kier molecular flexibility index (Phi) is 5.37. The van der Waals surface area contributed by atoms with E-state index in [9.17, 15) is 9.50 Å². The van der Waals surface area contributed by atoms with Gasteiger partial charge in [0.25, 0.3) is 0 Å². The Morgan fingerprint density at radius 2 is 1.87 bits per heavy atom. The summed E-state index contributed by atoms with van der Waals surface area (Å²) in [5.41, 5.74) is 1.14. The molecule has 2 heterocycles. The zero-order valence-corrected chi connectivity index (χ0v) is 15.8. The molecule has 30 heavy (non-hydrogen) atoms. The number of benzene rings is 2. The van der Waals surface area contributed by atoms with E-state index < -0.39 is 5.82 Å². The van der Waals surface area contributed by atoms with Crippen molar-refractivity contribution < 1.29 is 18.8 Å². The van der Waals surface area contributed by atoms with Gasteiger partial charge < -0.3 is 25.0 Å². The Bertz CT molecular complexity index is 1170. The molecule has 4 rings (SSSR count). The molecule has 2 aromatic heterocycles. The first-order chi connectivity index (χ1) is 14.5. The Balaban J connectivity index is 1.46. The number of hydrogen-bond acceptors (Lipinski definition) is 9. The Hall–Kier alpha value is -4.21. The second-order valence-electron chi connectivity index (χ2n) is 6.24. The van der Waals surface area contributed by atoms with Crippen molar-refractivity contribution in [1.29, 1.82) is 0 Å². The van der Waals surface area contributed by atoms with Crippen molar-refractivity contribution in [2.75, 3.05) is 10.6 Å².